The second kappa shape index (κ2) is 4.55. The van der Waals surface area contributed by atoms with Gasteiger partial charge in [-0.05, 0) is 36.8 Å². The van der Waals surface area contributed by atoms with Gasteiger partial charge in [0.1, 0.15) is 0 Å². The average Bonchev–Trinajstić information content (AvgIpc) is 3.11. The molecule has 1 saturated carbocycles. The molecule has 0 aliphatic heterocycles. The second-order valence-corrected chi connectivity index (χ2v) is 5.88. The zero-order valence-corrected chi connectivity index (χ0v) is 11.4. The minimum Gasteiger partial charge on any atom is -0.326 e. The Kier molecular flexibility index (Phi) is 2.67. The number of hydrogen-bond acceptors (Lipinski definition) is 3. The van der Waals surface area contributed by atoms with E-state index < -0.39 is 0 Å². The predicted molar refractivity (Wildman–Crippen MR) is 79.8 cm³/mol. The smallest absolute Gasteiger partial charge is 0.272 e. The highest BCUT2D eigenvalue weighted by molar-refractivity contribution is 5.95. The van der Waals surface area contributed by atoms with Crippen molar-refractivity contribution in [2.24, 2.45) is 17.8 Å². The van der Waals surface area contributed by atoms with Crippen molar-refractivity contribution in [3.05, 3.63) is 46.9 Å². The number of nitrogens with zero attached hydrogens (tertiary/aromatic N) is 1. The molecule has 1 heterocycles. The van der Waals surface area contributed by atoms with Crippen LogP contribution in [0.4, 0.5) is 5.69 Å². The number of H-pyrrole nitrogens is 1. The molecule has 0 saturated heterocycles. The molecule has 1 fully saturated rings. The Morgan fingerprint density at radius 1 is 1.29 bits per heavy atom. The summed E-state index contributed by atoms with van der Waals surface area (Å²) in [5, 5.41) is 10.4. The fourth-order valence-corrected chi connectivity index (χ4v) is 3.48. The van der Waals surface area contributed by atoms with Gasteiger partial charge in [0, 0.05) is 17.0 Å². The average molecular weight is 281 g/mol. The van der Waals surface area contributed by atoms with Gasteiger partial charge in [-0.15, -0.1) is 0 Å². The molecular weight excluding hydrogens is 266 g/mol. The lowest BCUT2D eigenvalue weighted by molar-refractivity contribution is -0.120. The summed E-state index contributed by atoms with van der Waals surface area (Å²) in [5.41, 5.74) is 0.419. The van der Waals surface area contributed by atoms with Crippen LogP contribution in [0.3, 0.4) is 0 Å². The first-order chi connectivity index (χ1) is 10.2. The van der Waals surface area contributed by atoms with Gasteiger partial charge in [0.15, 0.2) is 0 Å². The van der Waals surface area contributed by atoms with E-state index in [1.165, 1.54) is 0 Å². The van der Waals surface area contributed by atoms with Gasteiger partial charge in [0.25, 0.3) is 5.56 Å². The summed E-state index contributed by atoms with van der Waals surface area (Å²) in [5.74, 6) is 1.06. The summed E-state index contributed by atoms with van der Waals surface area (Å²) in [4.78, 5) is 24.1. The van der Waals surface area contributed by atoms with E-state index in [2.05, 4.69) is 27.7 Å². The van der Waals surface area contributed by atoms with Gasteiger partial charge in [0.2, 0.25) is 5.91 Å². The Balaban J connectivity index is 1.60. The number of nitrogens with one attached hydrogen (secondary N) is 2. The Morgan fingerprint density at radius 3 is 2.95 bits per heavy atom. The lowest BCUT2D eigenvalue weighted by atomic mass is 9.93. The van der Waals surface area contributed by atoms with Crippen molar-refractivity contribution in [1.29, 1.82) is 0 Å². The molecule has 1 aromatic carbocycles. The van der Waals surface area contributed by atoms with E-state index in [1.54, 1.807) is 18.3 Å². The molecule has 5 nitrogen and oxygen atoms in total. The molecule has 0 spiro atoms. The van der Waals surface area contributed by atoms with Gasteiger partial charge in [-0.2, -0.15) is 5.10 Å². The molecule has 21 heavy (non-hydrogen) atoms. The summed E-state index contributed by atoms with van der Waals surface area (Å²) in [6.07, 6.45) is 8.02. The van der Waals surface area contributed by atoms with Crippen molar-refractivity contribution in [1.82, 2.24) is 10.2 Å². The van der Waals surface area contributed by atoms with E-state index in [0.29, 0.717) is 22.9 Å². The van der Waals surface area contributed by atoms with Gasteiger partial charge < -0.3 is 5.32 Å². The van der Waals surface area contributed by atoms with Crippen molar-refractivity contribution in [3.8, 4) is 0 Å². The SMILES string of the molecule is O=C(Nc1ccc2cn[nH]c(=O)c2c1)C1CC2C=CC1C2. The molecule has 2 aliphatic rings. The van der Waals surface area contributed by atoms with Gasteiger partial charge in [-0.1, -0.05) is 18.2 Å². The highest BCUT2D eigenvalue weighted by Gasteiger charge is 2.39. The first-order valence-corrected chi connectivity index (χ1v) is 7.17. The van der Waals surface area contributed by atoms with E-state index in [4.69, 9.17) is 0 Å². The van der Waals surface area contributed by atoms with Crippen LogP contribution in [0.15, 0.2) is 41.3 Å². The van der Waals surface area contributed by atoms with Crippen LogP contribution < -0.4 is 10.9 Å². The fourth-order valence-electron chi connectivity index (χ4n) is 3.48. The normalized spacial score (nSPS) is 26.4. The Hall–Kier alpha value is -2.43. The Labute approximate surface area is 121 Å². The van der Waals surface area contributed by atoms with Crippen LogP contribution >= 0.6 is 0 Å². The summed E-state index contributed by atoms with van der Waals surface area (Å²) < 4.78 is 0. The van der Waals surface area contributed by atoms with E-state index in [1.807, 2.05) is 6.07 Å². The van der Waals surface area contributed by atoms with Crippen LogP contribution in [0.25, 0.3) is 10.8 Å². The minimum atomic E-state index is -0.244. The van der Waals surface area contributed by atoms with Crippen LogP contribution in [0.2, 0.25) is 0 Å². The molecule has 5 heteroatoms. The number of aromatic nitrogens is 2. The Morgan fingerprint density at radius 2 is 2.19 bits per heavy atom. The second-order valence-electron chi connectivity index (χ2n) is 5.88. The van der Waals surface area contributed by atoms with E-state index in [9.17, 15) is 9.59 Å². The maximum atomic E-state index is 12.4. The predicted octanol–water partition coefficient (Wildman–Crippen LogP) is 2.07. The van der Waals surface area contributed by atoms with Gasteiger partial charge in [-0.3, -0.25) is 9.59 Å². The molecular formula is C16H15N3O2. The maximum Gasteiger partial charge on any atom is 0.272 e. The Bertz CT molecular complexity index is 809. The highest BCUT2D eigenvalue weighted by Crippen LogP contribution is 2.43. The molecule has 1 amide bonds. The number of amides is 1. The minimum absolute atomic E-state index is 0.0525. The first kappa shape index (κ1) is 12.3. The van der Waals surface area contributed by atoms with Crippen LogP contribution in [0.5, 0.6) is 0 Å². The molecule has 2 aromatic rings. The molecule has 4 rings (SSSR count). The topological polar surface area (TPSA) is 74.8 Å². The number of aromatic amines is 1. The summed E-state index contributed by atoms with van der Waals surface area (Å²) in [6, 6.07) is 5.31. The third-order valence-electron chi connectivity index (χ3n) is 4.55. The molecule has 0 radical (unpaired) electrons. The number of hydrogen-bond donors (Lipinski definition) is 2. The zero-order chi connectivity index (χ0) is 14.4. The van der Waals surface area contributed by atoms with Crippen molar-refractivity contribution in [3.63, 3.8) is 0 Å². The van der Waals surface area contributed by atoms with E-state index in [-0.39, 0.29) is 17.4 Å². The molecule has 2 aliphatic carbocycles. The lowest BCUT2D eigenvalue weighted by Gasteiger charge is -2.17. The zero-order valence-electron chi connectivity index (χ0n) is 11.4. The van der Waals surface area contributed by atoms with Gasteiger partial charge in [0.05, 0.1) is 11.6 Å². The van der Waals surface area contributed by atoms with Crippen LogP contribution in [0, 0.1) is 17.8 Å². The van der Waals surface area contributed by atoms with Gasteiger partial charge in [-0.25, -0.2) is 5.10 Å². The van der Waals surface area contributed by atoms with Crippen molar-refractivity contribution < 1.29 is 4.79 Å². The standard InChI is InChI=1S/C16H15N3O2/c20-15(13-6-9-1-2-10(13)5-9)18-12-4-3-11-8-17-19-16(21)14(11)7-12/h1-4,7-10,13H,5-6H2,(H,18,20)(H,19,21). The summed E-state index contributed by atoms with van der Waals surface area (Å²) in [6.45, 7) is 0. The fraction of sp³-hybridized carbons (Fsp3) is 0.312. The third-order valence-corrected chi connectivity index (χ3v) is 4.55. The van der Waals surface area contributed by atoms with E-state index in [0.717, 1.165) is 18.2 Å². The van der Waals surface area contributed by atoms with Gasteiger partial charge >= 0.3 is 0 Å². The number of rotatable bonds is 2. The number of carbonyl (C=O) groups is 1. The van der Waals surface area contributed by atoms with Crippen molar-refractivity contribution in [2.75, 3.05) is 5.32 Å². The lowest BCUT2D eigenvalue weighted by Crippen LogP contribution is -2.26. The third kappa shape index (κ3) is 2.05. The monoisotopic (exact) mass is 281 g/mol. The van der Waals surface area contributed by atoms with Crippen LogP contribution in [-0.4, -0.2) is 16.1 Å². The summed E-state index contributed by atoms with van der Waals surface area (Å²) >= 11 is 0. The number of allylic oxidation sites excluding steroid dienone is 2. The molecule has 1 aromatic heterocycles. The number of carbonyl (C=O) groups excluding carboxylic acids is 1. The first-order valence-electron chi connectivity index (χ1n) is 7.17. The van der Waals surface area contributed by atoms with Crippen molar-refractivity contribution >= 4 is 22.4 Å². The van der Waals surface area contributed by atoms with E-state index >= 15 is 0 Å². The molecule has 106 valence electrons. The molecule has 3 unspecified atom stereocenters. The summed E-state index contributed by atoms with van der Waals surface area (Å²) in [7, 11) is 0. The van der Waals surface area contributed by atoms with Crippen LogP contribution in [0.1, 0.15) is 12.8 Å². The highest BCUT2D eigenvalue weighted by atomic mass is 16.2. The number of benzene rings is 1. The molecule has 3 atom stereocenters. The largest absolute Gasteiger partial charge is 0.326 e. The molecule has 2 N–H and O–H groups in total. The maximum absolute atomic E-state index is 12.4. The molecule has 2 bridgehead atoms. The quantitative estimate of drug-likeness (QED) is 0.827. The number of fused-ring (bicyclic) bond motifs is 3. The van der Waals surface area contributed by atoms with Crippen molar-refractivity contribution in [2.45, 2.75) is 12.8 Å². The number of anilines is 1. The van der Waals surface area contributed by atoms with Crippen LogP contribution in [-0.2, 0) is 4.79 Å².